The van der Waals surface area contributed by atoms with Gasteiger partial charge in [0.15, 0.2) is 0 Å². The highest BCUT2D eigenvalue weighted by molar-refractivity contribution is 5.73. The van der Waals surface area contributed by atoms with Gasteiger partial charge in [0, 0.05) is 0 Å². The highest BCUT2D eigenvalue weighted by Gasteiger charge is 2.10. The van der Waals surface area contributed by atoms with E-state index in [4.69, 9.17) is 0 Å². The van der Waals surface area contributed by atoms with Gasteiger partial charge in [-0.3, -0.25) is 0 Å². The van der Waals surface area contributed by atoms with Crippen LogP contribution in [0.25, 0.3) is 11.1 Å². The Hall–Kier alpha value is -1.56. The average Bonchev–Trinajstić information content (AvgIpc) is 2.30. The van der Waals surface area contributed by atoms with Gasteiger partial charge >= 0.3 is 0 Å². The third-order valence-corrected chi connectivity index (χ3v) is 3.40. The van der Waals surface area contributed by atoms with Crippen molar-refractivity contribution in [1.29, 1.82) is 0 Å². The summed E-state index contributed by atoms with van der Waals surface area (Å²) in [5.41, 5.74) is 7.02. The Labute approximate surface area is 111 Å². The second-order valence-electron chi connectivity index (χ2n) is 5.52. The van der Waals surface area contributed by atoms with Crippen LogP contribution in [0, 0.1) is 19.8 Å². The minimum Gasteiger partial charge on any atom is -0.0625 e. The Bertz CT molecular complexity index is 535. The zero-order valence-electron chi connectivity index (χ0n) is 11.8. The second-order valence-corrected chi connectivity index (χ2v) is 5.52. The maximum atomic E-state index is 2.28. The zero-order valence-corrected chi connectivity index (χ0v) is 11.8. The number of rotatable bonds is 3. The first-order valence-corrected chi connectivity index (χ1v) is 6.74. The predicted molar refractivity (Wildman–Crippen MR) is 79.9 cm³/mol. The van der Waals surface area contributed by atoms with E-state index in [1.165, 1.54) is 27.8 Å². The molecule has 2 rings (SSSR count). The van der Waals surface area contributed by atoms with Gasteiger partial charge in [-0.2, -0.15) is 0 Å². The fourth-order valence-corrected chi connectivity index (χ4v) is 2.58. The van der Waals surface area contributed by atoms with Gasteiger partial charge in [0.05, 0.1) is 0 Å². The molecule has 0 saturated carbocycles. The van der Waals surface area contributed by atoms with Crippen LogP contribution in [0.2, 0.25) is 0 Å². The first-order chi connectivity index (χ1) is 8.59. The molecule has 0 fully saturated rings. The van der Waals surface area contributed by atoms with Crippen molar-refractivity contribution >= 4 is 0 Å². The molecule has 0 aliphatic rings. The van der Waals surface area contributed by atoms with Crippen molar-refractivity contribution in [2.75, 3.05) is 0 Å². The molecule has 0 amide bonds. The lowest BCUT2D eigenvalue weighted by Crippen LogP contribution is -1.99. The van der Waals surface area contributed by atoms with Crippen molar-refractivity contribution in [2.45, 2.75) is 34.1 Å². The molecular weight excluding hydrogens is 216 g/mol. The van der Waals surface area contributed by atoms with Crippen LogP contribution in [0.1, 0.15) is 30.5 Å². The highest BCUT2D eigenvalue weighted by atomic mass is 14.1. The normalized spacial score (nSPS) is 10.9. The summed E-state index contributed by atoms with van der Waals surface area (Å²) >= 11 is 0. The van der Waals surface area contributed by atoms with E-state index < -0.39 is 0 Å². The fraction of sp³-hybridized carbons (Fsp3) is 0.333. The summed E-state index contributed by atoms with van der Waals surface area (Å²) in [6, 6.07) is 15.3. The van der Waals surface area contributed by atoms with E-state index in [2.05, 4.69) is 70.2 Å². The van der Waals surface area contributed by atoms with Gasteiger partial charge in [-0.25, -0.2) is 0 Å². The lowest BCUT2D eigenvalue weighted by atomic mass is 9.88. The summed E-state index contributed by atoms with van der Waals surface area (Å²) in [6.07, 6.45) is 1.14. The lowest BCUT2D eigenvalue weighted by molar-refractivity contribution is 0.648. The van der Waals surface area contributed by atoms with Gasteiger partial charge in [-0.15, -0.1) is 0 Å². The topological polar surface area (TPSA) is 0 Å². The molecule has 2 aromatic rings. The first-order valence-electron chi connectivity index (χ1n) is 6.74. The summed E-state index contributed by atoms with van der Waals surface area (Å²) in [5, 5.41) is 0. The molecule has 0 aliphatic heterocycles. The number of aryl methyl sites for hydroxylation is 2. The summed E-state index contributed by atoms with van der Waals surface area (Å²) in [6.45, 7) is 8.97. The van der Waals surface area contributed by atoms with E-state index in [-0.39, 0.29) is 0 Å². The molecule has 0 unspecified atom stereocenters. The molecule has 0 nitrogen and oxygen atoms in total. The molecule has 0 heterocycles. The van der Waals surface area contributed by atoms with Gasteiger partial charge in [-0.1, -0.05) is 56.3 Å². The van der Waals surface area contributed by atoms with E-state index in [0.29, 0.717) is 5.92 Å². The molecule has 0 aliphatic carbocycles. The van der Waals surface area contributed by atoms with E-state index in [1.807, 2.05) is 0 Å². The summed E-state index contributed by atoms with van der Waals surface area (Å²) < 4.78 is 0. The Morgan fingerprint density at radius 3 is 2.17 bits per heavy atom. The summed E-state index contributed by atoms with van der Waals surface area (Å²) in [7, 11) is 0. The van der Waals surface area contributed by atoms with Crippen LogP contribution in [0.3, 0.4) is 0 Å². The van der Waals surface area contributed by atoms with Crippen LogP contribution < -0.4 is 0 Å². The Morgan fingerprint density at radius 2 is 1.50 bits per heavy atom. The van der Waals surface area contributed by atoms with E-state index in [0.717, 1.165) is 6.42 Å². The van der Waals surface area contributed by atoms with Crippen LogP contribution in [0.5, 0.6) is 0 Å². The molecule has 0 bridgehead atoms. The third-order valence-electron chi connectivity index (χ3n) is 3.40. The Kier molecular flexibility index (Phi) is 3.86. The summed E-state index contributed by atoms with van der Waals surface area (Å²) in [4.78, 5) is 0. The molecular formula is C18H22. The monoisotopic (exact) mass is 238 g/mol. The van der Waals surface area contributed by atoms with Crippen LogP contribution in [-0.4, -0.2) is 0 Å². The predicted octanol–water partition coefficient (Wildman–Crippen LogP) is 5.17. The molecule has 0 saturated heterocycles. The fourth-order valence-electron chi connectivity index (χ4n) is 2.58. The third kappa shape index (κ3) is 2.64. The van der Waals surface area contributed by atoms with Gasteiger partial charge in [-0.05, 0) is 54.0 Å². The van der Waals surface area contributed by atoms with Crippen LogP contribution >= 0.6 is 0 Å². The molecule has 0 N–H and O–H groups in total. The molecule has 0 radical (unpaired) electrons. The Balaban J connectivity index is 2.59. The van der Waals surface area contributed by atoms with Gasteiger partial charge < -0.3 is 0 Å². The molecule has 0 heteroatoms. The molecule has 0 spiro atoms. The largest absolute Gasteiger partial charge is 0.0625 e. The Morgan fingerprint density at radius 1 is 0.833 bits per heavy atom. The lowest BCUT2D eigenvalue weighted by Gasteiger charge is -2.16. The van der Waals surface area contributed by atoms with E-state index >= 15 is 0 Å². The van der Waals surface area contributed by atoms with E-state index in [9.17, 15) is 0 Å². The van der Waals surface area contributed by atoms with Gasteiger partial charge in [0.25, 0.3) is 0 Å². The minimum atomic E-state index is 0.689. The average molecular weight is 238 g/mol. The number of hydrogen-bond donors (Lipinski definition) is 0. The van der Waals surface area contributed by atoms with Crippen molar-refractivity contribution in [3.05, 3.63) is 59.2 Å². The number of benzene rings is 2. The van der Waals surface area contributed by atoms with Gasteiger partial charge in [0.1, 0.15) is 0 Å². The molecule has 0 aromatic heterocycles. The smallest absolute Gasteiger partial charge is 0.0120 e. The molecule has 0 atom stereocenters. The maximum Gasteiger partial charge on any atom is -0.0120 e. The van der Waals surface area contributed by atoms with Gasteiger partial charge in [0.2, 0.25) is 0 Å². The standard InChI is InChI=1S/C18H22/c1-13(2)12-16-10-7-9-15(4)18(16)17-11-6-5-8-14(17)3/h5-11,13H,12H2,1-4H3. The molecule has 18 heavy (non-hydrogen) atoms. The van der Waals surface area contributed by atoms with Crippen molar-refractivity contribution < 1.29 is 0 Å². The SMILES string of the molecule is Cc1ccccc1-c1c(C)cccc1CC(C)C. The van der Waals surface area contributed by atoms with Crippen molar-refractivity contribution in [3.8, 4) is 11.1 Å². The van der Waals surface area contributed by atoms with Crippen molar-refractivity contribution in [1.82, 2.24) is 0 Å². The van der Waals surface area contributed by atoms with Crippen LogP contribution in [0.4, 0.5) is 0 Å². The first kappa shape index (κ1) is 12.9. The quantitative estimate of drug-likeness (QED) is 0.692. The summed E-state index contributed by atoms with van der Waals surface area (Å²) in [5.74, 6) is 0.689. The highest BCUT2D eigenvalue weighted by Crippen LogP contribution is 2.31. The van der Waals surface area contributed by atoms with E-state index in [1.54, 1.807) is 0 Å². The van der Waals surface area contributed by atoms with Crippen LogP contribution in [0.15, 0.2) is 42.5 Å². The molecule has 2 aromatic carbocycles. The number of hydrogen-bond acceptors (Lipinski definition) is 0. The zero-order chi connectivity index (χ0) is 13.1. The van der Waals surface area contributed by atoms with Crippen molar-refractivity contribution in [3.63, 3.8) is 0 Å². The van der Waals surface area contributed by atoms with Crippen LogP contribution in [-0.2, 0) is 6.42 Å². The van der Waals surface area contributed by atoms with Crippen molar-refractivity contribution in [2.24, 2.45) is 5.92 Å². The molecule has 94 valence electrons. The minimum absolute atomic E-state index is 0.689. The second kappa shape index (κ2) is 5.39. The maximum absolute atomic E-state index is 2.28.